The molecule has 0 saturated heterocycles. The van der Waals surface area contributed by atoms with Gasteiger partial charge in [0.25, 0.3) is 0 Å². The van der Waals surface area contributed by atoms with E-state index in [1.165, 1.54) is 12.1 Å². The number of rotatable bonds is 4. The molecule has 25 heavy (non-hydrogen) atoms. The van der Waals surface area contributed by atoms with Crippen molar-refractivity contribution in [1.82, 2.24) is 0 Å². The first kappa shape index (κ1) is 18.5. The molecule has 0 spiro atoms. The summed E-state index contributed by atoms with van der Waals surface area (Å²) in [5.74, 6) is -0.679. The first-order chi connectivity index (χ1) is 11.6. The van der Waals surface area contributed by atoms with Crippen molar-refractivity contribution in [3.8, 4) is 11.5 Å². The molecule has 2 aromatic rings. The maximum absolute atomic E-state index is 12.5. The Labute approximate surface area is 147 Å². The molecule has 2 aromatic carbocycles. The van der Waals surface area contributed by atoms with Crippen LogP contribution in [0.25, 0.3) is 0 Å². The minimum atomic E-state index is -1.07. The Bertz CT molecular complexity index is 815. The molecule has 0 amide bonds. The van der Waals surface area contributed by atoms with Crippen molar-refractivity contribution in [2.45, 2.75) is 33.1 Å². The van der Waals surface area contributed by atoms with Crippen molar-refractivity contribution >= 4 is 11.9 Å². The van der Waals surface area contributed by atoms with E-state index in [-0.39, 0.29) is 16.7 Å². The highest BCUT2D eigenvalue weighted by Gasteiger charge is 2.22. The number of methoxy groups -OCH3 is 1. The topological polar surface area (TPSA) is 72.8 Å². The van der Waals surface area contributed by atoms with E-state index in [2.05, 4.69) is 0 Å². The zero-order valence-corrected chi connectivity index (χ0v) is 15.0. The Kier molecular flexibility index (Phi) is 5.16. The second-order valence-electron chi connectivity index (χ2n) is 6.84. The van der Waals surface area contributed by atoms with Gasteiger partial charge in [0.1, 0.15) is 11.5 Å². The molecular weight excluding hydrogens is 320 g/mol. The van der Waals surface area contributed by atoms with E-state index in [0.29, 0.717) is 16.9 Å². The Morgan fingerprint density at radius 1 is 0.960 bits per heavy atom. The zero-order valence-electron chi connectivity index (χ0n) is 15.0. The smallest absolute Gasteiger partial charge is 0.343 e. The van der Waals surface area contributed by atoms with E-state index in [9.17, 15) is 9.59 Å². The fourth-order valence-electron chi connectivity index (χ4n) is 2.42. The number of carbonyl (C=O) groups excluding carboxylic acids is 1. The molecule has 0 fully saturated rings. The Morgan fingerprint density at radius 2 is 1.60 bits per heavy atom. The fraction of sp³-hybridized carbons (Fsp3) is 0.300. The van der Waals surface area contributed by atoms with E-state index >= 15 is 0 Å². The van der Waals surface area contributed by atoms with Gasteiger partial charge in [0.15, 0.2) is 0 Å². The van der Waals surface area contributed by atoms with Crippen LogP contribution in [0.5, 0.6) is 11.5 Å². The molecule has 1 N–H and O–H groups in total. The number of esters is 1. The van der Waals surface area contributed by atoms with Gasteiger partial charge in [0.2, 0.25) is 0 Å². The predicted octanol–water partition coefficient (Wildman–Crippen LogP) is 4.22. The zero-order chi connectivity index (χ0) is 18.8. The highest BCUT2D eigenvalue weighted by atomic mass is 16.5. The standard InChI is InChI=1S/C20H22O5/c1-12-6-7-13(18(21)22)11-17(12)25-19(23)14-8-9-16(24-5)15(10-14)20(2,3)4/h6-11H,1-5H3,(H,21,22). The summed E-state index contributed by atoms with van der Waals surface area (Å²) in [5, 5.41) is 9.08. The summed E-state index contributed by atoms with van der Waals surface area (Å²) in [4.78, 5) is 23.6. The molecule has 0 atom stereocenters. The lowest BCUT2D eigenvalue weighted by atomic mass is 9.85. The fourth-order valence-corrected chi connectivity index (χ4v) is 2.42. The maximum Gasteiger partial charge on any atom is 0.343 e. The average molecular weight is 342 g/mol. The molecule has 0 aromatic heterocycles. The van der Waals surface area contributed by atoms with E-state index in [4.69, 9.17) is 14.6 Å². The molecule has 0 aliphatic heterocycles. The molecule has 2 rings (SSSR count). The number of aryl methyl sites for hydroxylation is 1. The minimum absolute atomic E-state index is 0.0681. The lowest BCUT2D eigenvalue weighted by molar-refractivity contribution is 0.0687. The molecule has 5 nitrogen and oxygen atoms in total. The largest absolute Gasteiger partial charge is 0.496 e. The summed E-state index contributed by atoms with van der Waals surface area (Å²) in [5.41, 5.74) is 1.81. The monoisotopic (exact) mass is 342 g/mol. The van der Waals surface area contributed by atoms with Gasteiger partial charge < -0.3 is 14.6 Å². The van der Waals surface area contributed by atoms with Crippen LogP contribution in [0.1, 0.15) is 52.6 Å². The van der Waals surface area contributed by atoms with Crippen molar-refractivity contribution in [2.24, 2.45) is 0 Å². The molecule has 0 bridgehead atoms. The molecular formula is C20H22O5. The van der Waals surface area contributed by atoms with Crippen LogP contribution in [0, 0.1) is 6.92 Å². The number of carboxylic acids is 1. The van der Waals surface area contributed by atoms with Crippen LogP contribution in [0.4, 0.5) is 0 Å². The van der Waals surface area contributed by atoms with Gasteiger partial charge in [-0.15, -0.1) is 0 Å². The SMILES string of the molecule is COc1ccc(C(=O)Oc2cc(C(=O)O)ccc2C)cc1C(C)(C)C. The Hall–Kier alpha value is -2.82. The third-order valence-electron chi connectivity index (χ3n) is 3.88. The van der Waals surface area contributed by atoms with Crippen molar-refractivity contribution in [2.75, 3.05) is 7.11 Å². The van der Waals surface area contributed by atoms with Gasteiger partial charge in [-0.3, -0.25) is 0 Å². The number of hydrogen-bond donors (Lipinski definition) is 1. The second kappa shape index (κ2) is 6.97. The molecule has 0 heterocycles. The first-order valence-corrected chi connectivity index (χ1v) is 7.88. The molecule has 5 heteroatoms. The van der Waals surface area contributed by atoms with Gasteiger partial charge in [-0.25, -0.2) is 9.59 Å². The van der Waals surface area contributed by atoms with E-state index in [1.807, 2.05) is 20.8 Å². The van der Waals surface area contributed by atoms with Gasteiger partial charge in [0.05, 0.1) is 18.2 Å². The van der Waals surface area contributed by atoms with Crippen molar-refractivity contribution in [3.63, 3.8) is 0 Å². The number of carbonyl (C=O) groups is 2. The predicted molar refractivity (Wildman–Crippen MR) is 94.8 cm³/mol. The number of ether oxygens (including phenoxy) is 2. The molecule has 0 aliphatic carbocycles. The summed E-state index contributed by atoms with van der Waals surface area (Å²) >= 11 is 0. The Balaban J connectivity index is 2.36. The van der Waals surface area contributed by atoms with Crippen LogP contribution in [0.3, 0.4) is 0 Å². The number of aromatic carboxylic acids is 1. The average Bonchev–Trinajstić information content (AvgIpc) is 2.55. The van der Waals surface area contributed by atoms with Gasteiger partial charge in [-0.2, -0.15) is 0 Å². The third-order valence-corrected chi connectivity index (χ3v) is 3.88. The number of benzene rings is 2. The highest BCUT2D eigenvalue weighted by molar-refractivity contribution is 5.93. The molecule has 0 radical (unpaired) electrons. The highest BCUT2D eigenvalue weighted by Crippen LogP contribution is 2.32. The lowest BCUT2D eigenvalue weighted by Crippen LogP contribution is -2.16. The Morgan fingerprint density at radius 3 is 2.16 bits per heavy atom. The van der Waals surface area contributed by atoms with Crippen LogP contribution < -0.4 is 9.47 Å². The van der Waals surface area contributed by atoms with Gasteiger partial charge in [-0.1, -0.05) is 26.8 Å². The van der Waals surface area contributed by atoms with Crippen LogP contribution in [0.15, 0.2) is 36.4 Å². The van der Waals surface area contributed by atoms with E-state index in [1.54, 1.807) is 38.3 Å². The summed E-state index contributed by atoms with van der Waals surface area (Å²) in [6, 6.07) is 9.55. The summed E-state index contributed by atoms with van der Waals surface area (Å²) in [6.45, 7) is 7.84. The molecule has 132 valence electrons. The second-order valence-corrected chi connectivity index (χ2v) is 6.84. The number of carboxylic acid groups (broad SMARTS) is 1. The van der Waals surface area contributed by atoms with Crippen LogP contribution >= 0.6 is 0 Å². The van der Waals surface area contributed by atoms with Crippen LogP contribution in [0.2, 0.25) is 0 Å². The summed E-state index contributed by atoms with van der Waals surface area (Å²) in [7, 11) is 1.59. The van der Waals surface area contributed by atoms with E-state index in [0.717, 1.165) is 5.56 Å². The van der Waals surface area contributed by atoms with Gasteiger partial charge in [-0.05, 0) is 48.2 Å². The first-order valence-electron chi connectivity index (χ1n) is 7.88. The molecule has 0 unspecified atom stereocenters. The number of hydrogen-bond acceptors (Lipinski definition) is 4. The van der Waals surface area contributed by atoms with E-state index < -0.39 is 11.9 Å². The third kappa shape index (κ3) is 4.18. The van der Waals surface area contributed by atoms with Crippen LogP contribution in [-0.2, 0) is 5.41 Å². The molecule has 0 saturated carbocycles. The summed E-state index contributed by atoms with van der Waals surface area (Å²) < 4.78 is 10.8. The van der Waals surface area contributed by atoms with Crippen molar-refractivity contribution in [1.29, 1.82) is 0 Å². The van der Waals surface area contributed by atoms with Crippen LogP contribution in [-0.4, -0.2) is 24.2 Å². The molecule has 0 aliphatic rings. The quantitative estimate of drug-likeness (QED) is 0.665. The van der Waals surface area contributed by atoms with Crippen molar-refractivity contribution in [3.05, 3.63) is 58.7 Å². The van der Waals surface area contributed by atoms with Crippen molar-refractivity contribution < 1.29 is 24.2 Å². The van der Waals surface area contributed by atoms with Gasteiger partial charge >= 0.3 is 11.9 Å². The lowest BCUT2D eigenvalue weighted by Gasteiger charge is -2.22. The minimum Gasteiger partial charge on any atom is -0.496 e. The van der Waals surface area contributed by atoms with Gasteiger partial charge in [0, 0.05) is 5.56 Å². The normalized spacial score (nSPS) is 11.1. The maximum atomic E-state index is 12.5. The summed E-state index contributed by atoms with van der Waals surface area (Å²) in [6.07, 6.45) is 0.